The normalized spacial score (nSPS) is 10.9. The van der Waals surface area contributed by atoms with Gasteiger partial charge in [-0.1, -0.05) is 11.6 Å². The van der Waals surface area contributed by atoms with E-state index in [0.717, 1.165) is 4.68 Å². The summed E-state index contributed by atoms with van der Waals surface area (Å²) in [6.45, 7) is 1.87. The molecule has 0 radical (unpaired) electrons. The molecule has 14 heavy (non-hydrogen) atoms. The van der Waals surface area contributed by atoms with Crippen LogP contribution in [0.4, 0.5) is 8.78 Å². The second-order valence-corrected chi connectivity index (χ2v) is 2.83. The summed E-state index contributed by atoms with van der Waals surface area (Å²) in [5.74, 6) is -1.50. The molecule has 0 saturated carbocycles. The number of alkyl halides is 2. The molecule has 0 saturated heterocycles. The molecule has 1 aromatic heterocycles. The Morgan fingerprint density at radius 3 is 2.57 bits per heavy atom. The average Bonchev–Trinajstić information content (AvgIpc) is 2.42. The van der Waals surface area contributed by atoms with Gasteiger partial charge in [0.05, 0.1) is 0 Å². The van der Waals surface area contributed by atoms with Gasteiger partial charge in [-0.05, 0) is 6.92 Å². The molecule has 1 aromatic rings. The van der Waals surface area contributed by atoms with Crippen molar-refractivity contribution in [3.8, 4) is 0 Å². The summed E-state index contributed by atoms with van der Waals surface area (Å²) in [4.78, 5) is 10.6. The van der Waals surface area contributed by atoms with E-state index in [0.29, 0.717) is 0 Å². The summed E-state index contributed by atoms with van der Waals surface area (Å²) in [7, 11) is 0. The molecule has 7 heteroatoms. The SMILES string of the molecule is CCn1nc(C(F)F)c(C(=O)O)c1Cl. The smallest absolute Gasteiger partial charge is 0.341 e. The highest BCUT2D eigenvalue weighted by Gasteiger charge is 2.27. The monoisotopic (exact) mass is 224 g/mol. The Bertz CT molecular complexity index is 365. The van der Waals surface area contributed by atoms with E-state index in [9.17, 15) is 13.6 Å². The van der Waals surface area contributed by atoms with Crippen LogP contribution in [-0.4, -0.2) is 20.9 Å². The Morgan fingerprint density at radius 1 is 1.71 bits per heavy atom. The van der Waals surface area contributed by atoms with Gasteiger partial charge in [-0.3, -0.25) is 4.68 Å². The lowest BCUT2D eigenvalue weighted by Crippen LogP contribution is -2.00. The van der Waals surface area contributed by atoms with E-state index in [4.69, 9.17) is 16.7 Å². The van der Waals surface area contributed by atoms with Crippen LogP contribution >= 0.6 is 11.6 Å². The molecule has 0 spiro atoms. The van der Waals surface area contributed by atoms with Crippen LogP contribution in [0.1, 0.15) is 29.4 Å². The minimum atomic E-state index is -2.94. The summed E-state index contributed by atoms with van der Waals surface area (Å²) >= 11 is 5.55. The van der Waals surface area contributed by atoms with Gasteiger partial charge in [0.1, 0.15) is 16.4 Å². The highest BCUT2D eigenvalue weighted by molar-refractivity contribution is 6.32. The number of hydrogen-bond acceptors (Lipinski definition) is 2. The van der Waals surface area contributed by atoms with Gasteiger partial charge in [0.25, 0.3) is 6.43 Å². The second kappa shape index (κ2) is 3.91. The maximum Gasteiger partial charge on any atom is 0.341 e. The van der Waals surface area contributed by atoms with Crippen molar-refractivity contribution in [1.82, 2.24) is 9.78 Å². The molecule has 0 aliphatic rings. The standard InChI is InChI=1S/C7H7ClF2N2O2/c1-2-12-5(8)3(7(13)14)4(11-12)6(9)10/h6H,2H2,1H3,(H,13,14). The van der Waals surface area contributed by atoms with Crippen molar-refractivity contribution in [2.24, 2.45) is 0 Å². The minimum absolute atomic E-state index is 0.242. The first kappa shape index (κ1) is 10.9. The molecule has 78 valence electrons. The minimum Gasteiger partial charge on any atom is -0.478 e. The van der Waals surface area contributed by atoms with Crippen molar-refractivity contribution in [2.75, 3.05) is 0 Å². The molecule has 0 aliphatic heterocycles. The molecule has 0 atom stereocenters. The molecule has 0 fully saturated rings. The molecule has 1 heterocycles. The lowest BCUT2D eigenvalue weighted by molar-refractivity contribution is 0.0684. The molecule has 1 N–H and O–H groups in total. The lowest BCUT2D eigenvalue weighted by atomic mass is 10.2. The topological polar surface area (TPSA) is 55.1 Å². The van der Waals surface area contributed by atoms with Gasteiger partial charge in [0, 0.05) is 6.54 Å². The fourth-order valence-electron chi connectivity index (χ4n) is 1.02. The van der Waals surface area contributed by atoms with E-state index in [2.05, 4.69) is 5.10 Å². The van der Waals surface area contributed by atoms with Gasteiger partial charge in [-0.25, -0.2) is 13.6 Å². The van der Waals surface area contributed by atoms with Crippen LogP contribution in [0.25, 0.3) is 0 Å². The number of aromatic nitrogens is 2. The molecule has 1 rings (SSSR count). The first-order valence-corrected chi connectivity index (χ1v) is 4.14. The number of rotatable bonds is 3. The van der Waals surface area contributed by atoms with Gasteiger partial charge < -0.3 is 5.11 Å². The first-order chi connectivity index (χ1) is 6.49. The van der Waals surface area contributed by atoms with Crippen LogP contribution in [0.5, 0.6) is 0 Å². The highest BCUT2D eigenvalue weighted by Crippen LogP contribution is 2.27. The van der Waals surface area contributed by atoms with E-state index in [1.807, 2.05) is 0 Å². The zero-order valence-electron chi connectivity index (χ0n) is 7.17. The number of carbonyl (C=O) groups is 1. The number of carboxylic acid groups (broad SMARTS) is 1. The van der Waals surface area contributed by atoms with E-state index in [-0.39, 0.29) is 11.7 Å². The fraction of sp³-hybridized carbons (Fsp3) is 0.429. The highest BCUT2D eigenvalue weighted by atomic mass is 35.5. The molecule has 0 amide bonds. The first-order valence-electron chi connectivity index (χ1n) is 3.76. The van der Waals surface area contributed by atoms with Crippen LogP contribution in [0.2, 0.25) is 5.15 Å². The van der Waals surface area contributed by atoms with Gasteiger partial charge in [-0.2, -0.15) is 5.10 Å². The quantitative estimate of drug-likeness (QED) is 0.856. The van der Waals surface area contributed by atoms with Crippen molar-refractivity contribution < 1.29 is 18.7 Å². The third-order valence-corrected chi connectivity index (χ3v) is 2.02. The number of nitrogens with zero attached hydrogens (tertiary/aromatic N) is 2. The van der Waals surface area contributed by atoms with E-state index in [1.165, 1.54) is 0 Å². The Hall–Kier alpha value is -1.17. The van der Waals surface area contributed by atoms with E-state index in [1.54, 1.807) is 6.92 Å². The van der Waals surface area contributed by atoms with Crippen LogP contribution in [-0.2, 0) is 6.54 Å². The average molecular weight is 225 g/mol. The maximum absolute atomic E-state index is 12.3. The fourth-order valence-corrected chi connectivity index (χ4v) is 1.35. The summed E-state index contributed by atoms with van der Waals surface area (Å²) in [5, 5.41) is 11.8. The van der Waals surface area contributed by atoms with Crippen molar-refractivity contribution in [2.45, 2.75) is 19.9 Å². The van der Waals surface area contributed by atoms with Crippen LogP contribution in [0, 0.1) is 0 Å². The van der Waals surface area contributed by atoms with Crippen LogP contribution in [0.15, 0.2) is 0 Å². The van der Waals surface area contributed by atoms with Crippen LogP contribution < -0.4 is 0 Å². The molecule has 0 unspecified atom stereocenters. The third kappa shape index (κ3) is 1.70. The van der Waals surface area contributed by atoms with Crippen molar-refractivity contribution in [3.05, 3.63) is 16.4 Å². The van der Waals surface area contributed by atoms with Crippen LogP contribution in [0.3, 0.4) is 0 Å². The van der Waals surface area contributed by atoms with E-state index >= 15 is 0 Å². The summed E-state index contributed by atoms with van der Waals surface area (Å²) < 4.78 is 25.7. The predicted molar refractivity (Wildman–Crippen MR) is 44.8 cm³/mol. The maximum atomic E-state index is 12.3. The summed E-state index contributed by atoms with van der Waals surface area (Å²) in [5.41, 5.74) is -1.41. The molecular formula is C7H7ClF2N2O2. The Balaban J connectivity index is 3.35. The largest absolute Gasteiger partial charge is 0.478 e. The number of hydrogen-bond donors (Lipinski definition) is 1. The molecule has 4 nitrogen and oxygen atoms in total. The number of aryl methyl sites for hydroxylation is 1. The van der Waals surface area contributed by atoms with E-state index < -0.39 is 23.7 Å². The van der Waals surface area contributed by atoms with Gasteiger partial charge >= 0.3 is 5.97 Å². The third-order valence-electron chi connectivity index (χ3n) is 1.64. The van der Waals surface area contributed by atoms with Gasteiger partial charge in [0.2, 0.25) is 0 Å². The van der Waals surface area contributed by atoms with Crippen molar-refractivity contribution >= 4 is 17.6 Å². The lowest BCUT2D eigenvalue weighted by Gasteiger charge is -1.95. The van der Waals surface area contributed by atoms with Gasteiger partial charge in [0.15, 0.2) is 0 Å². The van der Waals surface area contributed by atoms with Crippen molar-refractivity contribution in [1.29, 1.82) is 0 Å². The zero-order valence-corrected chi connectivity index (χ0v) is 7.92. The Kier molecular flexibility index (Phi) is 3.05. The summed E-state index contributed by atoms with van der Waals surface area (Å²) in [6.07, 6.45) is -2.94. The molecular weight excluding hydrogens is 218 g/mol. The molecule has 0 aliphatic carbocycles. The predicted octanol–water partition coefficient (Wildman–Crippen LogP) is 2.19. The number of aromatic carboxylic acids is 1. The molecule has 0 bridgehead atoms. The summed E-state index contributed by atoms with van der Waals surface area (Å²) in [6, 6.07) is 0. The second-order valence-electron chi connectivity index (χ2n) is 2.47. The number of carboxylic acids is 1. The Labute approximate surface area is 83.1 Å². The zero-order chi connectivity index (χ0) is 10.9. The Morgan fingerprint density at radius 2 is 2.29 bits per heavy atom. The number of halogens is 3. The molecule has 0 aromatic carbocycles. The van der Waals surface area contributed by atoms with Gasteiger partial charge in [-0.15, -0.1) is 0 Å². The van der Waals surface area contributed by atoms with Crippen molar-refractivity contribution in [3.63, 3.8) is 0 Å².